The lowest BCUT2D eigenvalue weighted by atomic mass is 10.1. The van der Waals surface area contributed by atoms with Crippen molar-refractivity contribution in [3.63, 3.8) is 0 Å². The second kappa shape index (κ2) is 9.17. The molecule has 6 nitrogen and oxygen atoms in total. The Kier molecular flexibility index (Phi) is 7.23. The van der Waals surface area contributed by atoms with Crippen LogP contribution in [0.2, 0.25) is 0 Å². The molecule has 1 aromatic rings. The summed E-state index contributed by atoms with van der Waals surface area (Å²) in [5.74, 6) is 0.0243. The van der Waals surface area contributed by atoms with Gasteiger partial charge in [-0.25, -0.2) is 0 Å². The summed E-state index contributed by atoms with van der Waals surface area (Å²) >= 11 is 0. The van der Waals surface area contributed by atoms with Crippen LogP contribution in [0.15, 0.2) is 30.3 Å². The van der Waals surface area contributed by atoms with Crippen LogP contribution in [0.1, 0.15) is 18.4 Å². The van der Waals surface area contributed by atoms with Crippen LogP contribution < -0.4 is 5.73 Å². The fourth-order valence-corrected chi connectivity index (χ4v) is 3.31. The highest BCUT2D eigenvalue weighted by atomic mass is 35.5. The van der Waals surface area contributed by atoms with Gasteiger partial charge in [-0.05, 0) is 24.8 Å². The van der Waals surface area contributed by atoms with Gasteiger partial charge in [0.25, 0.3) is 5.91 Å². The number of benzene rings is 1. The number of nitrogens with two attached hydrogens (primary N) is 1. The van der Waals surface area contributed by atoms with Crippen molar-refractivity contribution in [3.8, 4) is 0 Å². The zero-order valence-electron chi connectivity index (χ0n) is 14.3. The summed E-state index contributed by atoms with van der Waals surface area (Å²) in [5, 5.41) is 0. The topological polar surface area (TPSA) is 75.9 Å². The zero-order chi connectivity index (χ0) is 16.9. The van der Waals surface area contributed by atoms with Crippen LogP contribution in [0.5, 0.6) is 0 Å². The minimum atomic E-state index is -0.534. The standard InChI is InChI=1S/C18H25N3O3.ClH/c19-15(13-14-5-2-1-3-6-14)17(22)20-8-10-21(11-9-20)18(23)16-7-4-12-24-16;/h1-3,5-6,15-16H,4,7-13,19H2;1H/t15-,16?;/m0./s1. The number of amides is 2. The lowest BCUT2D eigenvalue weighted by Crippen LogP contribution is -2.56. The van der Waals surface area contributed by atoms with Crippen molar-refractivity contribution in [2.45, 2.75) is 31.4 Å². The summed E-state index contributed by atoms with van der Waals surface area (Å²) in [6, 6.07) is 9.26. The molecule has 2 aliphatic heterocycles. The lowest BCUT2D eigenvalue weighted by Gasteiger charge is -2.36. The average molecular weight is 368 g/mol. The van der Waals surface area contributed by atoms with Crippen LogP contribution in [0.3, 0.4) is 0 Å². The van der Waals surface area contributed by atoms with Crippen molar-refractivity contribution in [1.29, 1.82) is 0 Å². The number of hydrogen-bond acceptors (Lipinski definition) is 4. The van der Waals surface area contributed by atoms with E-state index in [1.807, 2.05) is 35.2 Å². The smallest absolute Gasteiger partial charge is 0.251 e. The molecule has 0 bridgehead atoms. The normalized spacial score (nSPS) is 21.6. The molecular formula is C18H26ClN3O3. The Morgan fingerprint density at radius 3 is 2.36 bits per heavy atom. The van der Waals surface area contributed by atoms with E-state index < -0.39 is 6.04 Å². The van der Waals surface area contributed by atoms with E-state index in [4.69, 9.17) is 10.5 Å². The van der Waals surface area contributed by atoms with Gasteiger partial charge in [0.1, 0.15) is 6.10 Å². The van der Waals surface area contributed by atoms with Crippen LogP contribution in [-0.2, 0) is 20.7 Å². The van der Waals surface area contributed by atoms with Crippen LogP contribution in [0.25, 0.3) is 0 Å². The number of carbonyl (C=O) groups excluding carboxylic acids is 2. The summed E-state index contributed by atoms with van der Waals surface area (Å²) in [6.45, 7) is 2.87. The van der Waals surface area contributed by atoms with Gasteiger partial charge in [0.05, 0.1) is 6.04 Å². The lowest BCUT2D eigenvalue weighted by molar-refractivity contribution is -0.146. The van der Waals surface area contributed by atoms with Crippen molar-refractivity contribution in [2.24, 2.45) is 5.73 Å². The van der Waals surface area contributed by atoms with E-state index in [0.29, 0.717) is 39.2 Å². The Morgan fingerprint density at radius 1 is 1.12 bits per heavy atom. The number of carbonyl (C=O) groups is 2. The Morgan fingerprint density at radius 2 is 1.76 bits per heavy atom. The molecule has 138 valence electrons. The van der Waals surface area contributed by atoms with E-state index in [0.717, 1.165) is 18.4 Å². The van der Waals surface area contributed by atoms with E-state index in [1.165, 1.54) is 0 Å². The van der Waals surface area contributed by atoms with Gasteiger partial charge in [0.15, 0.2) is 0 Å². The number of ether oxygens (including phenoxy) is 1. The molecule has 2 N–H and O–H groups in total. The number of halogens is 1. The first-order chi connectivity index (χ1) is 11.6. The molecule has 2 aliphatic rings. The Bertz CT molecular complexity index is 570. The van der Waals surface area contributed by atoms with Crippen molar-refractivity contribution in [1.82, 2.24) is 9.80 Å². The molecule has 1 aromatic carbocycles. The van der Waals surface area contributed by atoms with Gasteiger partial charge in [0, 0.05) is 32.8 Å². The maximum Gasteiger partial charge on any atom is 0.251 e. The van der Waals surface area contributed by atoms with Crippen molar-refractivity contribution in [3.05, 3.63) is 35.9 Å². The molecule has 0 aromatic heterocycles. The van der Waals surface area contributed by atoms with E-state index in [-0.39, 0.29) is 30.3 Å². The van der Waals surface area contributed by atoms with Crippen molar-refractivity contribution in [2.75, 3.05) is 32.8 Å². The van der Waals surface area contributed by atoms with Gasteiger partial charge in [-0.1, -0.05) is 30.3 Å². The number of piperazine rings is 1. The largest absolute Gasteiger partial charge is 0.368 e. The van der Waals surface area contributed by atoms with Gasteiger partial charge in [0.2, 0.25) is 5.91 Å². The third-order valence-corrected chi connectivity index (χ3v) is 4.72. The molecule has 7 heteroatoms. The minimum Gasteiger partial charge on any atom is -0.368 e. The molecule has 0 saturated carbocycles. The third kappa shape index (κ3) is 4.93. The maximum absolute atomic E-state index is 12.5. The predicted octanol–water partition coefficient (Wildman–Crippen LogP) is 0.828. The monoisotopic (exact) mass is 367 g/mol. The second-order valence-corrected chi connectivity index (χ2v) is 6.45. The van der Waals surface area contributed by atoms with Crippen molar-refractivity contribution < 1.29 is 14.3 Å². The number of rotatable bonds is 4. The first kappa shape index (κ1) is 19.7. The molecule has 2 saturated heterocycles. The SMILES string of the molecule is Cl.N[C@@H](Cc1ccccc1)C(=O)N1CCN(C(=O)C2CCCO2)CC1. The molecular weight excluding hydrogens is 342 g/mol. The minimum absolute atomic E-state index is 0. The van der Waals surface area contributed by atoms with Gasteiger partial charge in [-0.2, -0.15) is 0 Å². The fourth-order valence-electron chi connectivity index (χ4n) is 3.31. The molecule has 2 fully saturated rings. The summed E-state index contributed by atoms with van der Waals surface area (Å²) in [4.78, 5) is 28.4. The van der Waals surface area contributed by atoms with Gasteiger partial charge < -0.3 is 20.3 Å². The second-order valence-electron chi connectivity index (χ2n) is 6.45. The molecule has 2 atom stereocenters. The summed E-state index contributed by atoms with van der Waals surface area (Å²) < 4.78 is 5.46. The summed E-state index contributed by atoms with van der Waals surface area (Å²) in [5.41, 5.74) is 7.14. The molecule has 0 spiro atoms. The first-order valence-electron chi connectivity index (χ1n) is 8.64. The van der Waals surface area contributed by atoms with Crippen molar-refractivity contribution >= 4 is 24.2 Å². The van der Waals surface area contributed by atoms with E-state index in [1.54, 1.807) is 4.90 Å². The molecule has 2 amide bonds. The average Bonchev–Trinajstić information content (AvgIpc) is 3.16. The quantitative estimate of drug-likeness (QED) is 0.855. The molecule has 3 rings (SSSR count). The molecule has 1 unspecified atom stereocenters. The molecule has 2 heterocycles. The van der Waals surface area contributed by atoms with Crippen LogP contribution >= 0.6 is 12.4 Å². The molecule has 0 aliphatic carbocycles. The maximum atomic E-state index is 12.5. The Balaban J connectivity index is 0.00000225. The molecule has 25 heavy (non-hydrogen) atoms. The Labute approximate surface area is 154 Å². The van der Waals surface area contributed by atoms with Gasteiger partial charge in [-0.3, -0.25) is 9.59 Å². The number of nitrogens with zero attached hydrogens (tertiary/aromatic N) is 2. The van der Waals surface area contributed by atoms with Crippen LogP contribution in [0.4, 0.5) is 0 Å². The van der Waals surface area contributed by atoms with Crippen LogP contribution in [-0.4, -0.2) is 66.5 Å². The van der Waals surface area contributed by atoms with E-state index in [2.05, 4.69) is 0 Å². The van der Waals surface area contributed by atoms with Gasteiger partial charge in [-0.15, -0.1) is 12.4 Å². The van der Waals surface area contributed by atoms with E-state index in [9.17, 15) is 9.59 Å². The molecule has 0 radical (unpaired) electrons. The number of hydrogen-bond donors (Lipinski definition) is 1. The third-order valence-electron chi connectivity index (χ3n) is 4.72. The predicted molar refractivity (Wildman–Crippen MR) is 97.5 cm³/mol. The Hall–Kier alpha value is -1.63. The van der Waals surface area contributed by atoms with Gasteiger partial charge >= 0.3 is 0 Å². The van der Waals surface area contributed by atoms with Crippen LogP contribution in [0, 0.1) is 0 Å². The summed E-state index contributed by atoms with van der Waals surface area (Å²) in [6.07, 6.45) is 2.00. The van der Waals surface area contributed by atoms with E-state index >= 15 is 0 Å². The zero-order valence-corrected chi connectivity index (χ0v) is 15.1. The summed E-state index contributed by atoms with van der Waals surface area (Å²) in [7, 11) is 0. The highest BCUT2D eigenvalue weighted by molar-refractivity contribution is 5.85. The highest BCUT2D eigenvalue weighted by Gasteiger charge is 2.32. The fraction of sp³-hybridized carbons (Fsp3) is 0.556. The first-order valence-corrected chi connectivity index (χ1v) is 8.64. The highest BCUT2D eigenvalue weighted by Crippen LogP contribution is 2.16.